The molecule has 0 aliphatic heterocycles. The molecule has 0 atom stereocenters. The minimum atomic E-state index is -1.10. The van der Waals surface area contributed by atoms with Gasteiger partial charge in [0.15, 0.2) is 0 Å². The molecule has 8 heteroatoms. The summed E-state index contributed by atoms with van der Waals surface area (Å²) in [7, 11) is 0. The molecule has 0 bridgehead atoms. The van der Waals surface area contributed by atoms with Crippen LogP contribution in [0.1, 0.15) is 43.6 Å². The van der Waals surface area contributed by atoms with Crippen LogP contribution in [0.2, 0.25) is 0 Å². The Balaban J connectivity index is 2.21. The molecule has 1 heterocycles. The van der Waals surface area contributed by atoms with Crippen molar-refractivity contribution in [2.45, 2.75) is 50.7 Å². The molecule has 0 saturated heterocycles. The third-order valence-electron chi connectivity index (χ3n) is 4.12. The van der Waals surface area contributed by atoms with Gasteiger partial charge in [-0.3, -0.25) is 9.89 Å². The smallest absolute Gasteiger partial charge is 0.256 e. The van der Waals surface area contributed by atoms with E-state index >= 15 is 0 Å². The maximum absolute atomic E-state index is 14.2. The molecule has 2 rings (SSSR count). The van der Waals surface area contributed by atoms with Crippen molar-refractivity contribution < 1.29 is 18.5 Å². The molecule has 0 fully saturated rings. The van der Waals surface area contributed by atoms with Gasteiger partial charge >= 0.3 is 0 Å². The lowest BCUT2D eigenvalue weighted by Crippen LogP contribution is -2.45. The van der Waals surface area contributed by atoms with Crippen LogP contribution in [0.4, 0.5) is 10.2 Å². The van der Waals surface area contributed by atoms with Gasteiger partial charge in [-0.2, -0.15) is 5.10 Å². The number of anilines is 1. The highest BCUT2D eigenvalue weighted by molar-refractivity contribution is 7.94. The number of carbonyl (C=O) groups is 1. The van der Waals surface area contributed by atoms with Crippen molar-refractivity contribution in [2.24, 2.45) is 0 Å². The van der Waals surface area contributed by atoms with Crippen molar-refractivity contribution in [1.29, 1.82) is 0 Å². The Bertz CT molecular complexity index is 755. The van der Waals surface area contributed by atoms with Crippen LogP contribution < -0.4 is 5.32 Å². The molecular formula is C17H22FN3O3S. The molecule has 0 radical (unpaired) electrons. The number of H-pyrrole nitrogens is 1. The topological polar surface area (TPSA) is 87.2 Å². The number of aromatic amines is 1. The fourth-order valence-electron chi connectivity index (χ4n) is 1.64. The Morgan fingerprint density at radius 1 is 1.36 bits per heavy atom. The number of hydrogen-bond donors (Lipinski definition) is 3. The molecule has 0 saturated carbocycles. The summed E-state index contributed by atoms with van der Waals surface area (Å²) >= 11 is 0.934. The van der Waals surface area contributed by atoms with Crippen molar-refractivity contribution in [3.8, 4) is 0 Å². The summed E-state index contributed by atoms with van der Waals surface area (Å²) in [5.41, 5.74) is -1.45. The number of carbonyl (C=O) groups excluding carboxylic acids is 1. The van der Waals surface area contributed by atoms with Crippen LogP contribution in [-0.4, -0.2) is 32.4 Å². The van der Waals surface area contributed by atoms with Gasteiger partial charge in [-0.05, 0) is 46.8 Å². The van der Waals surface area contributed by atoms with Gasteiger partial charge < -0.3 is 14.6 Å². The number of aliphatic hydroxyl groups is 1. The van der Waals surface area contributed by atoms with Crippen molar-refractivity contribution in [3.05, 3.63) is 41.3 Å². The molecule has 2 aromatic rings. The summed E-state index contributed by atoms with van der Waals surface area (Å²) in [6, 6.07) is 4.31. The van der Waals surface area contributed by atoms with Gasteiger partial charge in [-0.1, -0.05) is 0 Å². The molecule has 136 valence electrons. The second kappa shape index (κ2) is 7.15. The highest BCUT2D eigenvalue weighted by atomic mass is 32.2. The van der Waals surface area contributed by atoms with Gasteiger partial charge in [-0.25, -0.2) is 4.39 Å². The highest BCUT2D eigenvalue weighted by Gasteiger charge is 2.37. The molecule has 0 aliphatic carbocycles. The first-order chi connectivity index (χ1) is 11.5. The van der Waals surface area contributed by atoms with Crippen LogP contribution >= 0.6 is 12.0 Å². The summed E-state index contributed by atoms with van der Waals surface area (Å²) < 4.78 is 19.9. The zero-order valence-corrected chi connectivity index (χ0v) is 15.6. The van der Waals surface area contributed by atoms with Crippen molar-refractivity contribution in [3.63, 3.8) is 0 Å². The van der Waals surface area contributed by atoms with Crippen molar-refractivity contribution >= 4 is 23.8 Å². The maximum Gasteiger partial charge on any atom is 0.256 e. The molecule has 1 amide bonds. The summed E-state index contributed by atoms with van der Waals surface area (Å²) in [5, 5.41) is 19.1. The number of hydrogen-bond acceptors (Lipinski definition) is 5. The summed E-state index contributed by atoms with van der Waals surface area (Å²) in [6.07, 6.45) is 1.50. The molecule has 0 aliphatic rings. The monoisotopic (exact) mass is 367 g/mol. The average Bonchev–Trinajstić information content (AvgIpc) is 3.00. The van der Waals surface area contributed by atoms with E-state index in [1.165, 1.54) is 12.3 Å². The Morgan fingerprint density at radius 2 is 2.04 bits per heavy atom. The predicted molar refractivity (Wildman–Crippen MR) is 95.0 cm³/mol. The van der Waals surface area contributed by atoms with E-state index in [4.69, 9.17) is 4.18 Å². The van der Waals surface area contributed by atoms with Crippen molar-refractivity contribution in [1.82, 2.24) is 10.2 Å². The number of nitrogens with zero attached hydrogens (tertiary/aromatic N) is 1. The minimum absolute atomic E-state index is 0.157. The van der Waals surface area contributed by atoms with Crippen LogP contribution in [0.25, 0.3) is 0 Å². The molecule has 25 heavy (non-hydrogen) atoms. The van der Waals surface area contributed by atoms with E-state index in [9.17, 15) is 14.3 Å². The van der Waals surface area contributed by atoms with Crippen LogP contribution in [0.15, 0.2) is 29.3 Å². The Morgan fingerprint density at radius 3 is 2.60 bits per heavy atom. The van der Waals surface area contributed by atoms with E-state index in [-0.39, 0.29) is 5.56 Å². The van der Waals surface area contributed by atoms with E-state index in [0.29, 0.717) is 16.3 Å². The molecular weight excluding hydrogens is 345 g/mol. The summed E-state index contributed by atoms with van der Waals surface area (Å²) in [6.45, 7) is 8.35. The number of nitrogens with one attached hydrogen (secondary N) is 2. The maximum atomic E-state index is 14.2. The second-order valence-electron chi connectivity index (χ2n) is 6.74. The van der Waals surface area contributed by atoms with Crippen molar-refractivity contribution in [2.75, 3.05) is 5.32 Å². The molecule has 1 aromatic heterocycles. The Hall–Kier alpha value is -1.90. The third-order valence-corrected chi connectivity index (χ3v) is 5.22. The predicted octanol–water partition coefficient (Wildman–Crippen LogP) is 3.68. The minimum Gasteiger partial charge on any atom is -0.387 e. The van der Waals surface area contributed by atoms with Gasteiger partial charge in [0.05, 0.1) is 11.8 Å². The lowest BCUT2D eigenvalue weighted by molar-refractivity contribution is -0.0813. The lowest BCUT2D eigenvalue weighted by atomic mass is 9.90. The van der Waals surface area contributed by atoms with E-state index in [0.717, 1.165) is 12.0 Å². The Kier molecular flexibility index (Phi) is 5.55. The van der Waals surface area contributed by atoms with Gasteiger partial charge in [0.1, 0.15) is 17.2 Å². The molecule has 0 unspecified atom stereocenters. The highest BCUT2D eigenvalue weighted by Crippen LogP contribution is 2.35. The summed E-state index contributed by atoms with van der Waals surface area (Å²) in [4.78, 5) is 12.7. The first kappa shape index (κ1) is 19.4. The van der Waals surface area contributed by atoms with Crippen LogP contribution in [0, 0.1) is 12.7 Å². The largest absolute Gasteiger partial charge is 0.387 e. The van der Waals surface area contributed by atoms with E-state index in [1.807, 2.05) is 0 Å². The number of benzene rings is 1. The summed E-state index contributed by atoms with van der Waals surface area (Å²) in [5.74, 6) is -0.559. The number of halogens is 1. The lowest BCUT2D eigenvalue weighted by Gasteiger charge is -2.36. The normalized spacial score (nSPS) is 12.3. The van der Waals surface area contributed by atoms with Gasteiger partial charge in [0, 0.05) is 34.1 Å². The SMILES string of the molecule is Cc1c(F)cc(C(=O)Nc2ccn[nH]2)cc1SOC(C)(C)C(C)(C)O. The Labute approximate surface area is 150 Å². The zero-order chi connectivity index (χ0) is 18.8. The number of rotatable bonds is 6. The van der Waals surface area contributed by atoms with Gasteiger partial charge in [0.2, 0.25) is 0 Å². The molecule has 0 spiro atoms. The van der Waals surface area contributed by atoms with Crippen LogP contribution in [-0.2, 0) is 4.18 Å². The molecule has 1 aromatic carbocycles. The van der Waals surface area contributed by atoms with Crippen LogP contribution in [0.3, 0.4) is 0 Å². The number of aromatic nitrogens is 2. The fourth-order valence-corrected chi connectivity index (χ4v) is 2.54. The quantitative estimate of drug-likeness (QED) is 0.678. The van der Waals surface area contributed by atoms with Gasteiger partial charge in [0.25, 0.3) is 5.91 Å². The first-order valence-corrected chi connectivity index (χ1v) is 8.44. The van der Waals surface area contributed by atoms with Crippen LogP contribution in [0.5, 0.6) is 0 Å². The van der Waals surface area contributed by atoms with Gasteiger partial charge in [-0.15, -0.1) is 0 Å². The molecule has 3 N–H and O–H groups in total. The average molecular weight is 367 g/mol. The van der Waals surface area contributed by atoms with E-state index < -0.39 is 22.9 Å². The van der Waals surface area contributed by atoms with E-state index in [1.54, 1.807) is 46.8 Å². The second-order valence-corrected chi connectivity index (χ2v) is 7.51. The standard InChI is InChI=1S/C17H22FN3O3S/c1-10-12(18)8-11(15(22)20-14-6-7-19-21-14)9-13(10)25-24-17(4,5)16(2,3)23/h6-9,23H,1-5H3,(H2,19,20,21,22). The first-order valence-electron chi connectivity index (χ1n) is 7.70. The van der Waals surface area contributed by atoms with E-state index in [2.05, 4.69) is 15.5 Å². The molecule has 6 nitrogen and oxygen atoms in total. The zero-order valence-electron chi connectivity index (χ0n) is 14.8. The third kappa shape index (κ3) is 4.59. The fraction of sp³-hybridized carbons (Fsp3) is 0.412. The number of amides is 1.